The van der Waals surface area contributed by atoms with Crippen molar-refractivity contribution < 1.29 is 27.6 Å². The van der Waals surface area contributed by atoms with Crippen molar-refractivity contribution in [1.82, 2.24) is 0 Å². The predicted octanol–water partition coefficient (Wildman–Crippen LogP) is 5.92. The lowest BCUT2D eigenvalue weighted by Gasteiger charge is -2.54. The molecular formula is C24H24I2O6S. The second-order valence-corrected chi connectivity index (χ2v) is 13.4. The van der Waals surface area contributed by atoms with E-state index < -0.39 is 16.1 Å². The number of rotatable bonds is 4. The quantitative estimate of drug-likeness (QED) is 0.179. The monoisotopic (exact) mass is 694 g/mol. The Hall–Kier alpha value is -0.920. The summed E-state index contributed by atoms with van der Waals surface area (Å²) in [5.41, 5.74) is 1.27. The molecule has 4 bridgehead atoms. The van der Waals surface area contributed by atoms with Gasteiger partial charge in [-0.15, -0.1) is 0 Å². The van der Waals surface area contributed by atoms with E-state index in [-0.39, 0.29) is 27.9 Å². The third-order valence-electron chi connectivity index (χ3n) is 7.71. The Morgan fingerprint density at radius 3 is 2.18 bits per heavy atom. The zero-order valence-electron chi connectivity index (χ0n) is 17.9. The first-order valence-corrected chi connectivity index (χ1v) is 14.6. The largest absolute Gasteiger partial charge is 0.506 e. The van der Waals surface area contributed by atoms with Crippen molar-refractivity contribution in [2.45, 2.75) is 49.8 Å². The Morgan fingerprint density at radius 2 is 1.61 bits per heavy atom. The first kappa shape index (κ1) is 23.8. The summed E-state index contributed by atoms with van der Waals surface area (Å²) in [6, 6.07) is 6.13. The standard InChI is InChI=1S/C24H24I2O6S/c1-11-18(25)10-19(26)23(27)21(11)24(28)32-16-2-3-20(33(29,30)31)17(9-16)22-14-5-12-4-13(7-14)8-15(22)6-12/h2-3,9-10,12-15,22,27H,4-8H2,1H3,(H,29,30,31). The van der Waals surface area contributed by atoms with Crippen molar-refractivity contribution in [2.24, 2.45) is 23.7 Å². The van der Waals surface area contributed by atoms with Crippen LogP contribution in [0.2, 0.25) is 0 Å². The van der Waals surface area contributed by atoms with Crippen molar-refractivity contribution in [3.05, 3.63) is 48.1 Å². The molecule has 4 saturated carbocycles. The van der Waals surface area contributed by atoms with Crippen LogP contribution >= 0.6 is 45.2 Å². The number of aromatic hydroxyl groups is 1. The predicted molar refractivity (Wildman–Crippen MR) is 139 cm³/mol. The number of carbonyl (C=O) groups is 1. The maximum Gasteiger partial charge on any atom is 0.347 e. The number of phenolic OH excluding ortho intramolecular Hbond substituents is 1. The fraction of sp³-hybridized carbons (Fsp3) is 0.458. The van der Waals surface area contributed by atoms with Crippen molar-refractivity contribution in [3.8, 4) is 11.5 Å². The van der Waals surface area contributed by atoms with Gasteiger partial charge in [-0.05, 0) is 149 Å². The average Bonchev–Trinajstić information content (AvgIpc) is 2.71. The van der Waals surface area contributed by atoms with Crippen LogP contribution in [-0.2, 0) is 10.1 Å². The van der Waals surface area contributed by atoms with Crippen LogP contribution in [0, 0.1) is 37.7 Å². The van der Waals surface area contributed by atoms with E-state index in [4.69, 9.17) is 4.74 Å². The molecule has 0 atom stereocenters. The van der Waals surface area contributed by atoms with E-state index in [0.717, 1.165) is 29.3 Å². The molecule has 4 aliphatic carbocycles. The lowest BCUT2D eigenvalue weighted by Crippen LogP contribution is -2.44. The summed E-state index contributed by atoms with van der Waals surface area (Å²) in [6.07, 6.45) is 5.61. The molecule has 0 heterocycles. The number of ether oxygens (including phenoxy) is 1. The number of hydrogen-bond acceptors (Lipinski definition) is 5. The molecule has 0 spiro atoms. The summed E-state index contributed by atoms with van der Waals surface area (Å²) in [5, 5.41) is 10.5. The highest BCUT2D eigenvalue weighted by molar-refractivity contribution is 14.1. The highest BCUT2D eigenvalue weighted by Crippen LogP contribution is 2.60. The molecule has 0 radical (unpaired) electrons. The van der Waals surface area contributed by atoms with Gasteiger partial charge in [-0.25, -0.2) is 4.79 Å². The highest BCUT2D eigenvalue weighted by Gasteiger charge is 2.49. The average molecular weight is 694 g/mol. The van der Waals surface area contributed by atoms with E-state index in [1.165, 1.54) is 18.6 Å². The maximum atomic E-state index is 13.0. The SMILES string of the molecule is Cc1c(I)cc(I)c(O)c1C(=O)Oc1ccc(S(=O)(=O)O)c(C2C3CC4CC(C3)CC2C4)c1. The van der Waals surface area contributed by atoms with Crippen molar-refractivity contribution >= 4 is 61.3 Å². The molecule has 0 aliphatic heterocycles. The number of benzene rings is 2. The van der Waals surface area contributed by atoms with Crippen molar-refractivity contribution in [1.29, 1.82) is 0 Å². The van der Waals surface area contributed by atoms with Gasteiger partial charge in [-0.1, -0.05) is 0 Å². The molecule has 0 unspecified atom stereocenters. The Bertz CT molecular complexity index is 1200. The normalized spacial score (nSPS) is 28.2. The van der Waals surface area contributed by atoms with Gasteiger partial charge in [-0.3, -0.25) is 4.55 Å². The molecule has 176 valence electrons. The molecule has 6 nitrogen and oxygen atoms in total. The molecule has 2 aromatic rings. The van der Waals surface area contributed by atoms with Crippen molar-refractivity contribution in [2.75, 3.05) is 0 Å². The van der Waals surface area contributed by atoms with E-state index in [9.17, 15) is 22.9 Å². The van der Waals surface area contributed by atoms with Crippen LogP contribution in [0.1, 0.15) is 59.5 Å². The van der Waals surface area contributed by atoms with Crippen LogP contribution in [0.15, 0.2) is 29.2 Å². The maximum absolute atomic E-state index is 13.0. The van der Waals surface area contributed by atoms with Crippen LogP contribution in [0.25, 0.3) is 0 Å². The van der Waals surface area contributed by atoms with E-state index in [0.29, 0.717) is 38.4 Å². The second-order valence-electron chi connectivity index (χ2n) is 9.71. The van der Waals surface area contributed by atoms with Gasteiger partial charge in [0.1, 0.15) is 17.1 Å². The highest BCUT2D eigenvalue weighted by atomic mass is 127. The number of halogens is 2. The molecule has 33 heavy (non-hydrogen) atoms. The Balaban J connectivity index is 1.53. The third-order valence-corrected chi connectivity index (χ3v) is 10.6. The number of esters is 1. The minimum absolute atomic E-state index is 0.0298. The van der Waals surface area contributed by atoms with E-state index in [1.807, 2.05) is 22.6 Å². The van der Waals surface area contributed by atoms with Gasteiger partial charge in [0.05, 0.1) is 8.47 Å². The van der Waals surface area contributed by atoms with Crippen LogP contribution in [-0.4, -0.2) is 24.0 Å². The van der Waals surface area contributed by atoms with Gasteiger partial charge in [0.15, 0.2) is 0 Å². The molecule has 6 rings (SSSR count). The third kappa shape index (κ3) is 4.31. The molecule has 2 N–H and O–H groups in total. The lowest BCUT2D eigenvalue weighted by molar-refractivity contribution is -0.00373. The van der Waals surface area contributed by atoms with Gasteiger partial charge in [-0.2, -0.15) is 8.42 Å². The van der Waals surface area contributed by atoms with Crippen LogP contribution < -0.4 is 4.74 Å². The van der Waals surface area contributed by atoms with Gasteiger partial charge in [0.2, 0.25) is 0 Å². The molecule has 0 aromatic heterocycles. The molecule has 2 aromatic carbocycles. The summed E-state index contributed by atoms with van der Waals surface area (Å²) in [5.74, 6) is 1.62. The lowest BCUT2D eigenvalue weighted by atomic mass is 9.51. The van der Waals surface area contributed by atoms with Gasteiger partial charge < -0.3 is 9.84 Å². The topological polar surface area (TPSA) is 101 Å². The Labute approximate surface area is 220 Å². The summed E-state index contributed by atoms with van der Waals surface area (Å²) >= 11 is 4.07. The van der Waals surface area contributed by atoms with E-state index in [1.54, 1.807) is 19.1 Å². The molecule has 0 saturated heterocycles. The minimum atomic E-state index is -4.42. The zero-order valence-corrected chi connectivity index (χ0v) is 23.1. The number of carbonyl (C=O) groups excluding carboxylic acids is 1. The van der Waals surface area contributed by atoms with Crippen LogP contribution in [0.5, 0.6) is 11.5 Å². The summed E-state index contributed by atoms with van der Waals surface area (Å²) in [6.45, 7) is 1.75. The Kier molecular flexibility index (Phi) is 6.23. The smallest absolute Gasteiger partial charge is 0.347 e. The summed E-state index contributed by atoms with van der Waals surface area (Å²) in [4.78, 5) is 12.9. The molecule has 0 amide bonds. The molecular weight excluding hydrogens is 670 g/mol. The summed E-state index contributed by atoms with van der Waals surface area (Å²) in [7, 11) is -4.42. The summed E-state index contributed by atoms with van der Waals surface area (Å²) < 4.78 is 41.4. The molecule has 4 aliphatic rings. The van der Waals surface area contributed by atoms with E-state index >= 15 is 0 Å². The fourth-order valence-corrected chi connectivity index (χ4v) is 9.12. The number of hydrogen-bond donors (Lipinski definition) is 2. The van der Waals surface area contributed by atoms with Crippen molar-refractivity contribution in [3.63, 3.8) is 0 Å². The van der Waals surface area contributed by atoms with Crippen LogP contribution in [0.3, 0.4) is 0 Å². The first-order valence-electron chi connectivity index (χ1n) is 11.0. The Morgan fingerprint density at radius 1 is 1.00 bits per heavy atom. The zero-order chi connectivity index (χ0) is 23.7. The van der Waals surface area contributed by atoms with Crippen LogP contribution in [0.4, 0.5) is 0 Å². The number of phenols is 1. The molecule has 4 fully saturated rings. The molecule has 9 heteroatoms. The van der Waals surface area contributed by atoms with E-state index in [2.05, 4.69) is 22.6 Å². The van der Waals surface area contributed by atoms with Gasteiger partial charge in [0.25, 0.3) is 10.1 Å². The minimum Gasteiger partial charge on any atom is -0.506 e. The van der Waals surface area contributed by atoms with Gasteiger partial charge in [0, 0.05) is 3.57 Å². The fourth-order valence-electron chi connectivity index (χ4n) is 6.63. The van der Waals surface area contributed by atoms with Gasteiger partial charge >= 0.3 is 5.97 Å². The second kappa shape index (κ2) is 8.63. The first-order chi connectivity index (χ1) is 15.5.